The van der Waals surface area contributed by atoms with Crippen molar-refractivity contribution in [3.63, 3.8) is 0 Å². The molecule has 4 heteroatoms. The molecular formula is C15H24N2O2. The number of nitrogens with one attached hydrogen (secondary N) is 2. The molecule has 106 valence electrons. The number of carbonyl (C=O) groups excluding carboxylic acids is 1. The van der Waals surface area contributed by atoms with Crippen molar-refractivity contribution in [2.45, 2.75) is 45.9 Å². The molecule has 0 fully saturated rings. The van der Waals surface area contributed by atoms with Crippen LogP contribution in [0, 0.1) is 0 Å². The molecule has 0 heterocycles. The van der Waals surface area contributed by atoms with Gasteiger partial charge in [0.05, 0.1) is 6.61 Å². The molecule has 0 saturated heterocycles. The monoisotopic (exact) mass is 264 g/mol. The van der Waals surface area contributed by atoms with Crippen molar-refractivity contribution in [3.8, 4) is 0 Å². The first-order valence-corrected chi connectivity index (χ1v) is 6.77. The normalized spacial score (nSPS) is 11.9. The predicted octanol–water partition coefficient (Wildman–Crippen LogP) is 2.82. The summed E-state index contributed by atoms with van der Waals surface area (Å²) >= 11 is 0. The fourth-order valence-electron chi connectivity index (χ4n) is 1.98. The number of methoxy groups -OCH3 is 1. The van der Waals surface area contributed by atoms with Crippen LogP contribution in [0.1, 0.15) is 37.8 Å². The number of hydrogen-bond donors (Lipinski definition) is 2. The first-order valence-electron chi connectivity index (χ1n) is 6.77. The van der Waals surface area contributed by atoms with Gasteiger partial charge in [0.25, 0.3) is 0 Å². The summed E-state index contributed by atoms with van der Waals surface area (Å²) in [7, 11) is 1.67. The third-order valence-electron chi connectivity index (χ3n) is 2.96. The zero-order valence-corrected chi connectivity index (χ0v) is 12.0. The minimum absolute atomic E-state index is 0.117. The lowest BCUT2D eigenvalue weighted by Crippen LogP contribution is -2.40. The van der Waals surface area contributed by atoms with E-state index >= 15 is 0 Å². The highest BCUT2D eigenvalue weighted by Crippen LogP contribution is 2.09. The Kier molecular flexibility index (Phi) is 6.97. The van der Waals surface area contributed by atoms with E-state index < -0.39 is 0 Å². The van der Waals surface area contributed by atoms with Crippen molar-refractivity contribution in [2.24, 2.45) is 0 Å². The van der Waals surface area contributed by atoms with Crippen LogP contribution in [0.25, 0.3) is 0 Å². The molecule has 2 N–H and O–H groups in total. The quantitative estimate of drug-likeness (QED) is 0.795. The first-order chi connectivity index (χ1) is 9.17. The van der Waals surface area contributed by atoms with Gasteiger partial charge in [-0.15, -0.1) is 0 Å². The van der Waals surface area contributed by atoms with E-state index in [2.05, 4.69) is 17.6 Å². The molecular weight excluding hydrogens is 240 g/mol. The van der Waals surface area contributed by atoms with E-state index in [1.165, 1.54) is 0 Å². The van der Waals surface area contributed by atoms with Crippen LogP contribution in [0.5, 0.6) is 0 Å². The lowest BCUT2D eigenvalue weighted by Gasteiger charge is -2.14. The smallest absolute Gasteiger partial charge is 0.315 e. The van der Waals surface area contributed by atoms with Gasteiger partial charge in [0.15, 0.2) is 0 Å². The lowest BCUT2D eigenvalue weighted by molar-refractivity contribution is 0.184. The molecule has 0 bridgehead atoms. The van der Waals surface area contributed by atoms with Gasteiger partial charge in [-0.3, -0.25) is 0 Å². The van der Waals surface area contributed by atoms with Crippen LogP contribution in [-0.4, -0.2) is 19.2 Å². The highest BCUT2D eigenvalue weighted by molar-refractivity contribution is 5.74. The Morgan fingerprint density at radius 1 is 1.32 bits per heavy atom. The van der Waals surface area contributed by atoms with Crippen molar-refractivity contribution in [1.82, 2.24) is 10.6 Å². The van der Waals surface area contributed by atoms with Crippen molar-refractivity contribution in [2.75, 3.05) is 7.11 Å². The summed E-state index contributed by atoms with van der Waals surface area (Å²) < 4.78 is 5.14. The Morgan fingerprint density at radius 3 is 2.63 bits per heavy atom. The summed E-state index contributed by atoms with van der Waals surface area (Å²) in [4.78, 5) is 11.7. The molecule has 0 aliphatic carbocycles. The predicted molar refractivity (Wildman–Crippen MR) is 76.9 cm³/mol. The van der Waals surface area contributed by atoms with Crippen LogP contribution in [0.3, 0.4) is 0 Å². The van der Waals surface area contributed by atoms with E-state index in [9.17, 15) is 4.79 Å². The third-order valence-corrected chi connectivity index (χ3v) is 2.96. The fourth-order valence-corrected chi connectivity index (χ4v) is 1.98. The second kappa shape index (κ2) is 8.53. The summed E-state index contributed by atoms with van der Waals surface area (Å²) in [6.07, 6.45) is 2.06. The van der Waals surface area contributed by atoms with E-state index in [1.54, 1.807) is 7.11 Å². The van der Waals surface area contributed by atoms with Crippen molar-refractivity contribution in [3.05, 3.63) is 35.4 Å². The van der Waals surface area contributed by atoms with E-state index in [0.717, 1.165) is 24.0 Å². The maximum Gasteiger partial charge on any atom is 0.315 e. The molecule has 0 aromatic heterocycles. The van der Waals surface area contributed by atoms with Gasteiger partial charge in [0.1, 0.15) is 0 Å². The van der Waals surface area contributed by atoms with Gasteiger partial charge >= 0.3 is 6.03 Å². The Morgan fingerprint density at radius 2 is 2.00 bits per heavy atom. The lowest BCUT2D eigenvalue weighted by atomic mass is 10.1. The highest BCUT2D eigenvalue weighted by atomic mass is 16.5. The third kappa shape index (κ3) is 5.75. The molecule has 1 atom stereocenters. The zero-order valence-electron chi connectivity index (χ0n) is 12.0. The summed E-state index contributed by atoms with van der Waals surface area (Å²) in [5.41, 5.74) is 2.19. The number of amides is 2. The molecule has 1 aromatic rings. The van der Waals surface area contributed by atoms with Crippen LogP contribution in [-0.2, 0) is 17.9 Å². The van der Waals surface area contributed by atoms with Crippen LogP contribution in [0.15, 0.2) is 24.3 Å². The number of urea groups is 1. The van der Waals surface area contributed by atoms with Gasteiger partial charge in [-0.1, -0.05) is 37.6 Å². The summed E-state index contributed by atoms with van der Waals surface area (Å²) in [5, 5.41) is 5.80. The molecule has 0 saturated carbocycles. The van der Waals surface area contributed by atoms with Crippen molar-refractivity contribution >= 4 is 6.03 Å². The second-order valence-electron chi connectivity index (χ2n) is 4.72. The van der Waals surface area contributed by atoms with Crippen LogP contribution in [0.2, 0.25) is 0 Å². The van der Waals surface area contributed by atoms with E-state index in [4.69, 9.17) is 4.74 Å². The molecule has 0 unspecified atom stereocenters. The molecule has 0 aliphatic rings. The molecule has 1 rings (SSSR count). The molecule has 0 spiro atoms. The van der Waals surface area contributed by atoms with E-state index in [0.29, 0.717) is 13.2 Å². The van der Waals surface area contributed by atoms with Gasteiger partial charge in [0, 0.05) is 19.7 Å². The van der Waals surface area contributed by atoms with Crippen LogP contribution < -0.4 is 10.6 Å². The van der Waals surface area contributed by atoms with Gasteiger partial charge < -0.3 is 15.4 Å². The molecule has 0 aliphatic heterocycles. The molecule has 2 amide bonds. The number of carbonyl (C=O) groups is 1. The molecule has 4 nitrogen and oxygen atoms in total. The maximum atomic E-state index is 11.7. The number of hydrogen-bond acceptors (Lipinski definition) is 2. The summed E-state index contributed by atoms with van der Waals surface area (Å²) in [5.74, 6) is 0. The van der Waals surface area contributed by atoms with Crippen LogP contribution >= 0.6 is 0 Å². The van der Waals surface area contributed by atoms with Gasteiger partial charge in [-0.2, -0.15) is 0 Å². The number of rotatable bonds is 7. The Labute approximate surface area is 115 Å². The second-order valence-corrected chi connectivity index (χ2v) is 4.72. The Bertz CT molecular complexity index is 393. The van der Waals surface area contributed by atoms with Gasteiger partial charge in [0.2, 0.25) is 0 Å². The maximum absolute atomic E-state index is 11.7. The number of ether oxygens (including phenoxy) is 1. The average molecular weight is 264 g/mol. The average Bonchev–Trinajstić information content (AvgIpc) is 2.38. The molecule has 1 aromatic carbocycles. The zero-order chi connectivity index (χ0) is 14.1. The minimum Gasteiger partial charge on any atom is -0.380 e. The topological polar surface area (TPSA) is 50.4 Å². The van der Waals surface area contributed by atoms with Crippen LogP contribution in [0.4, 0.5) is 4.79 Å². The van der Waals surface area contributed by atoms with E-state index in [1.807, 2.05) is 31.2 Å². The summed E-state index contributed by atoms with van der Waals surface area (Å²) in [6.45, 7) is 5.20. The first kappa shape index (κ1) is 15.5. The largest absolute Gasteiger partial charge is 0.380 e. The molecule has 0 radical (unpaired) electrons. The number of benzene rings is 1. The van der Waals surface area contributed by atoms with Crippen molar-refractivity contribution < 1.29 is 9.53 Å². The van der Waals surface area contributed by atoms with Crippen molar-refractivity contribution in [1.29, 1.82) is 0 Å². The fraction of sp³-hybridized carbons (Fsp3) is 0.533. The standard InChI is InChI=1S/C15H24N2O2/c1-4-7-12(2)17-15(18)16-10-13-8-5-6-9-14(13)11-19-3/h5-6,8-9,12H,4,7,10-11H2,1-3H3,(H2,16,17,18)/t12-/m1/s1. The van der Waals surface area contributed by atoms with E-state index in [-0.39, 0.29) is 12.1 Å². The summed E-state index contributed by atoms with van der Waals surface area (Å²) in [6, 6.07) is 8.05. The Hall–Kier alpha value is -1.55. The Balaban J connectivity index is 2.45. The van der Waals surface area contributed by atoms with Gasteiger partial charge in [-0.05, 0) is 24.5 Å². The minimum atomic E-state index is -0.117. The van der Waals surface area contributed by atoms with Gasteiger partial charge in [-0.25, -0.2) is 4.79 Å². The molecule has 19 heavy (non-hydrogen) atoms. The SMILES string of the molecule is CCC[C@@H](C)NC(=O)NCc1ccccc1COC. The highest BCUT2D eigenvalue weighted by Gasteiger charge is 2.07.